The summed E-state index contributed by atoms with van der Waals surface area (Å²) in [6, 6.07) is 6.84. The van der Waals surface area contributed by atoms with Crippen molar-refractivity contribution >= 4 is 23.2 Å². The lowest BCUT2D eigenvalue weighted by atomic mass is 10.1. The monoisotopic (exact) mass is 281 g/mol. The molecule has 0 radical (unpaired) electrons. The van der Waals surface area contributed by atoms with Crippen LogP contribution < -0.4 is 5.32 Å². The molecule has 0 heterocycles. The van der Waals surface area contributed by atoms with E-state index in [9.17, 15) is 15.0 Å². The van der Waals surface area contributed by atoms with E-state index in [2.05, 4.69) is 5.32 Å². The molecule has 0 bridgehead atoms. The molecule has 4 nitrogen and oxygen atoms in total. The molecule has 19 heavy (non-hydrogen) atoms. The van der Waals surface area contributed by atoms with Crippen LogP contribution >= 0.6 is 11.6 Å². The van der Waals surface area contributed by atoms with Gasteiger partial charge in [-0.2, -0.15) is 0 Å². The van der Waals surface area contributed by atoms with E-state index in [-0.39, 0.29) is 11.8 Å². The van der Waals surface area contributed by atoms with Crippen molar-refractivity contribution in [1.29, 1.82) is 0 Å². The summed E-state index contributed by atoms with van der Waals surface area (Å²) in [5.74, 6) is -0.195. The molecular weight excluding hydrogens is 266 g/mol. The van der Waals surface area contributed by atoms with Gasteiger partial charge in [-0.25, -0.2) is 0 Å². The van der Waals surface area contributed by atoms with Crippen molar-refractivity contribution in [3.8, 4) is 0 Å². The second-order valence-corrected chi connectivity index (χ2v) is 5.16. The molecule has 1 aliphatic rings. The third-order valence-electron chi connectivity index (χ3n) is 3.16. The van der Waals surface area contributed by atoms with E-state index in [1.807, 2.05) is 0 Å². The van der Waals surface area contributed by atoms with E-state index in [0.29, 0.717) is 23.6 Å². The Morgan fingerprint density at radius 3 is 2.37 bits per heavy atom. The fraction of sp³-hybridized carbons (Fsp3) is 0.357. The average Bonchev–Trinajstić information content (AvgIpc) is 2.69. The first kappa shape index (κ1) is 14.1. The van der Waals surface area contributed by atoms with Gasteiger partial charge >= 0.3 is 0 Å². The van der Waals surface area contributed by atoms with Crippen LogP contribution in [0.5, 0.6) is 0 Å². The van der Waals surface area contributed by atoms with Crippen molar-refractivity contribution in [2.24, 2.45) is 5.92 Å². The number of allylic oxidation sites excluding steroid dienone is 1. The smallest absolute Gasteiger partial charge is 0.248 e. The van der Waals surface area contributed by atoms with Gasteiger partial charge in [0.2, 0.25) is 5.91 Å². The first-order valence-corrected chi connectivity index (χ1v) is 6.53. The number of halogens is 1. The number of aliphatic hydroxyl groups excluding tert-OH is 2. The van der Waals surface area contributed by atoms with Crippen molar-refractivity contribution in [3.05, 3.63) is 41.4 Å². The van der Waals surface area contributed by atoms with E-state index in [1.165, 1.54) is 6.08 Å². The zero-order valence-corrected chi connectivity index (χ0v) is 11.0. The second kappa shape index (κ2) is 6.19. The van der Waals surface area contributed by atoms with Gasteiger partial charge in [-0.15, -0.1) is 0 Å². The summed E-state index contributed by atoms with van der Waals surface area (Å²) in [5.41, 5.74) is 0.672. The molecule has 2 rings (SSSR count). The molecule has 1 amide bonds. The quantitative estimate of drug-likeness (QED) is 0.742. The Kier molecular flexibility index (Phi) is 4.58. The van der Waals surface area contributed by atoms with Gasteiger partial charge in [-0.05, 0) is 49.1 Å². The summed E-state index contributed by atoms with van der Waals surface area (Å²) in [5, 5.41) is 22.1. The third-order valence-corrected chi connectivity index (χ3v) is 3.42. The number of carbonyl (C=O) groups excluding carboxylic acids is 1. The van der Waals surface area contributed by atoms with Gasteiger partial charge in [-0.3, -0.25) is 4.79 Å². The number of hydrogen-bond donors (Lipinski definition) is 3. The highest BCUT2D eigenvalue weighted by molar-refractivity contribution is 6.30. The van der Waals surface area contributed by atoms with Crippen LogP contribution in [0, 0.1) is 5.92 Å². The van der Waals surface area contributed by atoms with Crippen molar-refractivity contribution in [2.45, 2.75) is 25.0 Å². The van der Waals surface area contributed by atoms with Crippen LogP contribution in [0.2, 0.25) is 5.02 Å². The Morgan fingerprint density at radius 2 is 1.79 bits per heavy atom. The van der Waals surface area contributed by atoms with Crippen LogP contribution in [0.3, 0.4) is 0 Å². The highest BCUT2D eigenvalue weighted by Gasteiger charge is 2.29. The fourth-order valence-electron chi connectivity index (χ4n) is 2.13. The third kappa shape index (κ3) is 4.06. The maximum absolute atomic E-state index is 11.7. The maximum atomic E-state index is 11.7. The fourth-order valence-corrected chi connectivity index (χ4v) is 2.25. The number of benzene rings is 1. The number of rotatable bonds is 3. The summed E-state index contributed by atoms with van der Waals surface area (Å²) in [6.45, 7) is 0. The van der Waals surface area contributed by atoms with Crippen LogP contribution in [-0.4, -0.2) is 28.3 Å². The number of anilines is 1. The highest BCUT2D eigenvalue weighted by Crippen LogP contribution is 2.26. The van der Waals surface area contributed by atoms with E-state index in [4.69, 9.17) is 11.6 Å². The van der Waals surface area contributed by atoms with Crippen molar-refractivity contribution < 1.29 is 15.0 Å². The van der Waals surface area contributed by atoms with Gasteiger partial charge in [-0.1, -0.05) is 17.7 Å². The molecule has 0 aromatic heterocycles. The lowest BCUT2D eigenvalue weighted by Gasteiger charge is -2.03. The first-order valence-electron chi connectivity index (χ1n) is 6.15. The molecule has 3 atom stereocenters. The molecule has 1 aromatic carbocycles. The first-order chi connectivity index (χ1) is 9.04. The molecule has 0 spiro atoms. The predicted octanol–water partition coefficient (Wildman–Crippen LogP) is 1.97. The molecule has 0 saturated heterocycles. The van der Waals surface area contributed by atoms with Gasteiger partial charge in [0, 0.05) is 10.7 Å². The zero-order valence-electron chi connectivity index (χ0n) is 10.3. The lowest BCUT2D eigenvalue weighted by molar-refractivity contribution is -0.111. The van der Waals surface area contributed by atoms with E-state index < -0.39 is 12.2 Å². The molecule has 1 fully saturated rings. The van der Waals surface area contributed by atoms with Crippen molar-refractivity contribution in [2.75, 3.05) is 5.32 Å². The minimum absolute atomic E-state index is 0.0426. The summed E-state index contributed by atoms with van der Waals surface area (Å²) in [7, 11) is 0. The Morgan fingerprint density at radius 1 is 1.21 bits per heavy atom. The van der Waals surface area contributed by atoms with Crippen LogP contribution in [-0.2, 0) is 4.79 Å². The Balaban J connectivity index is 1.86. The van der Waals surface area contributed by atoms with Gasteiger partial charge in [0.15, 0.2) is 0 Å². The number of amides is 1. The van der Waals surface area contributed by atoms with E-state index >= 15 is 0 Å². The zero-order chi connectivity index (χ0) is 13.8. The van der Waals surface area contributed by atoms with E-state index in [0.717, 1.165) is 0 Å². The number of aliphatic hydroxyl groups is 2. The molecule has 1 saturated carbocycles. The number of carbonyl (C=O) groups is 1. The standard InChI is InChI=1S/C14H16ClNO3/c15-10-2-4-11(5-3-10)16-14(19)6-1-9-7-12(17)13(18)8-9/h1-6,9,12-13,17-18H,7-8H2,(H,16,19)/b6-1+/t9?,12-,13+. The molecular formula is C14H16ClNO3. The molecule has 1 aliphatic carbocycles. The molecule has 0 aliphatic heterocycles. The summed E-state index contributed by atoms with van der Waals surface area (Å²) in [6.07, 6.45) is 2.77. The van der Waals surface area contributed by atoms with Crippen molar-refractivity contribution in [3.63, 3.8) is 0 Å². The van der Waals surface area contributed by atoms with E-state index in [1.54, 1.807) is 30.3 Å². The van der Waals surface area contributed by atoms with Gasteiger partial charge < -0.3 is 15.5 Å². The Bertz CT molecular complexity index is 462. The Hall–Kier alpha value is -1.36. The molecule has 1 unspecified atom stereocenters. The largest absolute Gasteiger partial charge is 0.390 e. The van der Waals surface area contributed by atoms with Gasteiger partial charge in [0.25, 0.3) is 0 Å². The van der Waals surface area contributed by atoms with Gasteiger partial charge in [0.05, 0.1) is 12.2 Å². The predicted molar refractivity (Wildman–Crippen MR) is 74.0 cm³/mol. The van der Waals surface area contributed by atoms with Crippen molar-refractivity contribution in [1.82, 2.24) is 0 Å². The van der Waals surface area contributed by atoms with Crippen LogP contribution in [0.25, 0.3) is 0 Å². The molecule has 1 aromatic rings. The van der Waals surface area contributed by atoms with Crippen LogP contribution in [0.4, 0.5) is 5.69 Å². The van der Waals surface area contributed by atoms with Crippen LogP contribution in [0.15, 0.2) is 36.4 Å². The lowest BCUT2D eigenvalue weighted by Crippen LogP contribution is -2.17. The number of nitrogens with one attached hydrogen (secondary N) is 1. The minimum atomic E-state index is -0.686. The second-order valence-electron chi connectivity index (χ2n) is 4.72. The molecule has 3 N–H and O–H groups in total. The average molecular weight is 282 g/mol. The number of hydrogen-bond acceptors (Lipinski definition) is 3. The van der Waals surface area contributed by atoms with Gasteiger partial charge in [0.1, 0.15) is 0 Å². The summed E-state index contributed by atoms with van der Waals surface area (Å²) >= 11 is 5.75. The summed E-state index contributed by atoms with van der Waals surface area (Å²) in [4.78, 5) is 11.7. The minimum Gasteiger partial charge on any atom is -0.390 e. The van der Waals surface area contributed by atoms with Crippen LogP contribution in [0.1, 0.15) is 12.8 Å². The molecule has 102 valence electrons. The highest BCUT2D eigenvalue weighted by atomic mass is 35.5. The normalized spacial score (nSPS) is 26.8. The SMILES string of the molecule is O=C(/C=C/C1C[C@@H](O)[C@@H](O)C1)Nc1ccc(Cl)cc1. The maximum Gasteiger partial charge on any atom is 0.248 e. The topological polar surface area (TPSA) is 69.6 Å². The molecule has 5 heteroatoms. The summed E-state index contributed by atoms with van der Waals surface area (Å²) < 4.78 is 0. The Labute approximate surface area is 116 Å².